The summed E-state index contributed by atoms with van der Waals surface area (Å²) in [5.74, 6) is 1.08. The molecule has 3 aromatic rings. The smallest absolute Gasteiger partial charge is 0.242 e. The third kappa shape index (κ3) is 6.01. The fraction of sp³-hybridized carbons (Fsp3) is 0.308. The van der Waals surface area contributed by atoms with E-state index in [2.05, 4.69) is 22.0 Å². The molecule has 0 bridgehead atoms. The van der Waals surface area contributed by atoms with Gasteiger partial charge in [0.05, 0.1) is 13.2 Å². The third-order valence-electron chi connectivity index (χ3n) is 5.72. The molecule has 1 saturated heterocycles. The number of carbonyl (C=O) groups excluding carboxylic acids is 1. The van der Waals surface area contributed by atoms with E-state index in [0.717, 1.165) is 66.5 Å². The lowest BCUT2D eigenvalue weighted by atomic mass is 10.1. The number of anilines is 1. The van der Waals surface area contributed by atoms with Crippen LogP contribution in [0.15, 0.2) is 73.1 Å². The summed E-state index contributed by atoms with van der Waals surface area (Å²) in [5, 5.41) is 0.741. The number of benzene rings is 2. The topological polar surface area (TPSA) is 45.7 Å². The molecule has 166 valence electrons. The Morgan fingerprint density at radius 2 is 1.53 bits per heavy atom. The second-order valence-electron chi connectivity index (χ2n) is 7.95. The molecule has 32 heavy (non-hydrogen) atoms. The Balaban J connectivity index is 1.12. The molecule has 1 aliphatic heterocycles. The molecule has 1 amide bonds. The van der Waals surface area contributed by atoms with Crippen LogP contribution in [0.3, 0.4) is 0 Å². The van der Waals surface area contributed by atoms with Crippen molar-refractivity contribution >= 4 is 23.2 Å². The quantitative estimate of drug-likeness (QED) is 0.416. The van der Waals surface area contributed by atoms with Crippen LogP contribution < -0.4 is 9.64 Å². The average molecular weight is 450 g/mol. The van der Waals surface area contributed by atoms with Gasteiger partial charge >= 0.3 is 0 Å². The molecule has 2 heterocycles. The minimum atomic E-state index is 0.199. The standard InChI is InChI=1S/C26H28ClN3O2/c27-23-8-4-21(5-9-23)22-6-10-25(11-7-22)32-19-3-1-2-16-29-17-18-30(20-26(29)31)24-12-14-28-15-13-24/h4-15H,1-3,16-20H2. The van der Waals surface area contributed by atoms with Crippen LogP contribution in [-0.2, 0) is 4.79 Å². The third-order valence-corrected chi connectivity index (χ3v) is 5.97. The Morgan fingerprint density at radius 1 is 0.844 bits per heavy atom. The lowest BCUT2D eigenvalue weighted by molar-refractivity contribution is -0.131. The number of rotatable bonds is 9. The Morgan fingerprint density at radius 3 is 2.22 bits per heavy atom. The van der Waals surface area contributed by atoms with E-state index in [4.69, 9.17) is 16.3 Å². The molecule has 0 atom stereocenters. The van der Waals surface area contributed by atoms with E-state index in [1.165, 1.54) is 0 Å². The number of halogens is 1. The number of unbranched alkanes of at least 4 members (excludes halogenated alkanes) is 2. The van der Waals surface area contributed by atoms with Gasteiger partial charge in [-0.1, -0.05) is 35.9 Å². The Labute approximate surface area is 194 Å². The second-order valence-corrected chi connectivity index (χ2v) is 8.38. The summed E-state index contributed by atoms with van der Waals surface area (Å²) in [7, 11) is 0. The largest absolute Gasteiger partial charge is 0.494 e. The molecule has 0 spiro atoms. The van der Waals surface area contributed by atoms with Gasteiger partial charge in [-0.15, -0.1) is 0 Å². The van der Waals surface area contributed by atoms with Gasteiger partial charge in [0, 0.05) is 42.7 Å². The highest BCUT2D eigenvalue weighted by Crippen LogP contribution is 2.24. The van der Waals surface area contributed by atoms with Crippen LogP contribution in [-0.4, -0.2) is 48.6 Å². The van der Waals surface area contributed by atoms with E-state index >= 15 is 0 Å². The van der Waals surface area contributed by atoms with Gasteiger partial charge < -0.3 is 14.5 Å². The summed E-state index contributed by atoms with van der Waals surface area (Å²) in [4.78, 5) is 20.6. The summed E-state index contributed by atoms with van der Waals surface area (Å²) in [5.41, 5.74) is 3.34. The predicted octanol–water partition coefficient (Wildman–Crippen LogP) is 5.30. The first kappa shape index (κ1) is 22.2. The zero-order valence-corrected chi connectivity index (χ0v) is 18.9. The van der Waals surface area contributed by atoms with E-state index in [9.17, 15) is 4.79 Å². The van der Waals surface area contributed by atoms with Gasteiger partial charge in [-0.25, -0.2) is 0 Å². The molecule has 5 nitrogen and oxygen atoms in total. The molecule has 0 radical (unpaired) electrons. The van der Waals surface area contributed by atoms with Crippen LogP contribution in [0.1, 0.15) is 19.3 Å². The van der Waals surface area contributed by atoms with E-state index < -0.39 is 0 Å². The molecule has 1 aromatic heterocycles. The summed E-state index contributed by atoms with van der Waals surface area (Å²) in [6.07, 6.45) is 6.55. The molecule has 6 heteroatoms. The zero-order chi connectivity index (χ0) is 22.2. The van der Waals surface area contributed by atoms with Crippen molar-refractivity contribution < 1.29 is 9.53 Å². The minimum absolute atomic E-state index is 0.199. The summed E-state index contributed by atoms with van der Waals surface area (Å²) in [6.45, 7) is 3.59. The summed E-state index contributed by atoms with van der Waals surface area (Å²) in [6, 6.07) is 19.9. The number of ether oxygens (including phenoxy) is 1. The molecule has 1 aliphatic rings. The Kier molecular flexibility index (Phi) is 7.62. The van der Waals surface area contributed by atoms with Crippen molar-refractivity contribution in [2.45, 2.75) is 19.3 Å². The van der Waals surface area contributed by atoms with Crippen molar-refractivity contribution in [3.63, 3.8) is 0 Å². The van der Waals surface area contributed by atoms with Gasteiger partial charge in [0.2, 0.25) is 5.91 Å². The van der Waals surface area contributed by atoms with E-state index in [-0.39, 0.29) is 5.91 Å². The van der Waals surface area contributed by atoms with Gasteiger partial charge in [0.15, 0.2) is 0 Å². The lowest BCUT2D eigenvalue weighted by Gasteiger charge is -2.35. The molecule has 1 fully saturated rings. The van der Waals surface area contributed by atoms with Crippen LogP contribution >= 0.6 is 11.6 Å². The molecule has 0 aliphatic carbocycles. The number of piperazine rings is 1. The van der Waals surface area contributed by atoms with Gasteiger partial charge in [-0.05, 0) is 66.8 Å². The van der Waals surface area contributed by atoms with Gasteiger partial charge in [-0.2, -0.15) is 0 Å². The van der Waals surface area contributed by atoms with Gasteiger partial charge in [-0.3, -0.25) is 9.78 Å². The highest BCUT2D eigenvalue weighted by molar-refractivity contribution is 6.30. The normalized spacial score (nSPS) is 14.0. The summed E-state index contributed by atoms with van der Waals surface area (Å²) >= 11 is 5.95. The van der Waals surface area contributed by atoms with E-state index in [1.54, 1.807) is 12.4 Å². The molecule has 0 saturated carbocycles. The number of amides is 1. The number of hydrogen-bond acceptors (Lipinski definition) is 4. The number of pyridine rings is 1. The van der Waals surface area contributed by atoms with Crippen molar-refractivity contribution in [1.29, 1.82) is 0 Å². The van der Waals surface area contributed by atoms with Crippen LogP contribution in [0.25, 0.3) is 11.1 Å². The average Bonchev–Trinajstić information content (AvgIpc) is 2.83. The monoisotopic (exact) mass is 449 g/mol. The fourth-order valence-electron chi connectivity index (χ4n) is 3.88. The van der Waals surface area contributed by atoms with E-state index in [1.807, 2.05) is 53.4 Å². The molecule has 2 aromatic carbocycles. The first-order valence-corrected chi connectivity index (χ1v) is 11.5. The van der Waals surface area contributed by atoms with Crippen LogP contribution in [0.2, 0.25) is 5.02 Å². The Hall–Kier alpha value is -3.05. The first-order chi connectivity index (χ1) is 15.7. The zero-order valence-electron chi connectivity index (χ0n) is 18.1. The maximum absolute atomic E-state index is 12.5. The molecule has 0 N–H and O–H groups in total. The second kappa shape index (κ2) is 11.0. The van der Waals surface area contributed by atoms with Crippen molar-refractivity contribution in [3.8, 4) is 16.9 Å². The van der Waals surface area contributed by atoms with Crippen molar-refractivity contribution in [2.24, 2.45) is 0 Å². The maximum Gasteiger partial charge on any atom is 0.242 e. The van der Waals surface area contributed by atoms with Crippen LogP contribution in [0, 0.1) is 0 Å². The maximum atomic E-state index is 12.5. The highest BCUT2D eigenvalue weighted by Gasteiger charge is 2.23. The highest BCUT2D eigenvalue weighted by atomic mass is 35.5. The Bertz CT molecular complexity index is 994. The summed E-state index contributed by atoms with van der Waals surface area (Å²) < 4.78 is 5.88. The SMILES string of the molecule is O=C1CN(c2ccncc2)CCN1CCCCCOc1ccc(-c2ccc(Cl)cc2)cc1. The molecule has 0 unspecified atom stereocenters. The van der Waals surface area contributed by atoms with Crippen molar-refractivity contribution in [2.75, 3.05) is 37.7 Å². The molecular formula is C26H28ClN3O2. The lowest BCUT2D eigenvalue weighted by Crippen LogP contribution is -2.50. The molecular weight excluding hydrogens is 422 g/mol. The fourth-order valence-corrected chi connectivity index (χ4v) is 4.00. The van der Waals surface area contributed by atoms with Crippen molar-refractivity contribution in [1.82, 2.24) is 9.88 Å². The van der Waals surface area contributed by atoms with Crippen LogP contribution in [0.4, 0.5) is 5.69 Å². The van der Waals surface area contributed by atoms with Gasteiger partial charge in [0.1, 0.15) is 5.75 Å². The number of aromatic nitrogens is 1. The van der Waals surface area contributed by atoms with Crippen molar-refractivity contribution in [3.05, 3.63) is 78.1 Å². The minimum Gasteiger partial charge on any atom is -0.494 e. The molecule has 4 rings (SSSR count). The van der Waals surface area contributed by atoms with Gasteiger partial charge in [0.25, 0.3) is 0 Å². The first-order valence-electron chi connectivity index (χ1n) is 11.1. The number of hydrogen-bond donors (Lipinski definition) is 0. The number of nitrogens with zero attached hydrogens (tertiary/aromatic N) is 3. The predicted molar refractivity (Wildman–Crippen MR) is 129 cm³/mol. The van der Waals surface area contributed by atoms with Crippen LogP contribution in [0.5, 0.6) is 5.75 Å². The number of carbonyl (C=O) groups is 1. The van der Waals surface area contributed by atoms with E-state index in [0.29, 0.717) is 13.2 Å².